The zero-order chi connectivity index (χ0) is 9.26. The molecule has 1 heterocycles. The van der Waals surface area contributed by atoms with E-state index in [1.54, 1.807) is 17.6 Å². The average Bonchev–Trinajstić information content (AvgIpc) is 2.49. The molecule has 5 heteroatoms. The molecule has 68 valence electrons. The molecule has 0 atom stereocenters. The van der Waals surface area contributed by atoms with Gasteiger partial charge in [-0.2, -0.15) is 8.78 Å². The molecule has 0 unspecified atom stereocenters. The summed E-state index contributed by atoms with van der Waals surface area (Å²) in [6.07, 6.45) is 0. The number of rotatable bonds is 2. The lowest BCUT2D eigenvalue weighted by Gasteiger charge is -2.02. The van der Waals surface area contributed by atoms with Gasteiger partial charge in [-0.05, 0) is 18.2 Å². The molecule has 0 saturated heterocycles. The second-order valence-corrected chi connectivity index (χ2v) is 3.25. The summed E-state index contributed by atoms with van der Waals surface area (Å²) in [6, 6.07) is 4.69. The summed E-state index contributed by atoms with van der Waals surface area (Å²) in [6.45, 7) is -2.77. The molecule has 2 nitrogen and oxygen atoms in total. The maximum Gasteiger partial charge on any atom is 0.387 e. The molecule has 0 saturated carbocycles. The highest BCUT2D eigenvalue weighted by atomic mass is 32.1. The zero-order valence-corrected chi connectivity index (χ0v) is 7.22. The molecule has 0 aliphatic rings. The number of hydrogen-bond acceptors (Lipinski definition) is 3. The van der Waals surface area contributed by atoms with Crippen LogP contribution in [0.25, 0.3) is 10.2 Å². The van der Waals surface area contributed by atoms with Gasteiger partial charge in [0.2, 0.25) is 0 Å². The predicted molar refractivity (Wildman–Crippen MR) is 46.3 cm³/mol. The standard InChI is InChI=1S/C8H5F2NOS/c9-8(10)12-5-1-2-6-7(3-5)13-4-11-6/h1-4,8H. The van der Waals surface area contributed by atoms with E-state index in [-0.39, 0.29) is 5.75 Å². The lowest BCUT2D eigenvalue weighted by atomic mass is 10.3. The van der Waals surface area contributed by atoms with Crippen molar-refractivity contribution >= 4 is 21.6 Å². The van der Waals surface area contributed by atoms with Crippen molar-refractivity contribution in [3.8, 4) is 5.75 Å². The Balaban J connectivity index is 2.37. The Morgan fingerprint density at radius 1 is 1.38 bits per heavy atom. The van der Waals surface area contributed by atoms with Crippen LogP contribution in [0.4, 0.5) is 8.78 Å². The number of hydrogen-bond donors (Lipinski definition) is 0. The van der Waals surface area contributed by atoms with Gasteiger partial charge in [0.15, 0.2) is 0 Å². The first-order valence-corrected chi connectivity index (χ1v) is 4.42. The molecule has 0 N–H and O–H groups in total. The lowest BCUT2D eigenvalue weighted by molar-refractivity contribution is -0.0497. The van der Waals surface area contributed by atoms with Crippen LogP contribution in [0.5, 0.6) is 5.75 Å². The Morgan fingerprint density at radius 2 is 2.23 bits per heavy atom. The van der Waals surface area contributed by atoms with Gasteiger partial charge in [0, 0.05) is 0 Å². The van der Waals surface area contributed by atoms with Crippen molar-refractivity contribution in [3.05, 3.63) is 23.7 Å². The van der Waals surface area contributed by atoms with Crippen LogP contribution in [0.1, 0.15) is 0 Å². The van der Waals surface area contributed by atoms with E-state index >= 15 is 0 Å². The molecule has 1 aromatic heterocycles. The molecule has 0 bridgehead atoms. The predicted octanol–water partition coefficient (Wildman–Crippen LogP) is 2.90. The first kappa shape index (κ1) is 8.37. The van der Waals surface area contributed by atoms with E-state index < -0.39 is 6.61 Å². The smallest absolute Gasteiger partial charge is 0.387 e. The monoisotopic (exact) mass is 201 g/mol. The SMILES string of the molecule is FC(F)Oc1ccc2ncsc2c1. The highest BCUT2D eigenvalue weighted by Crippen LogP contribution is 2.24. The van der Waals surface area contributed by atoms with Crippen LogP contribution in [-0.2, 0) is 0 Å². The Kier molecular flexibility index (Phi) is 2.10. The molecule has 0 aliphatic carbocycles. The van der Waals surface area contributed by atoms with Crippen molar-refractivity contribution in [1.82, 2.24) is 4.98 Å². The number of aromatic nitrogens is 1. The van der Waals surface area contributed by atoms with E-state index in [9.17, 15) is 8.78 Å². The normalized spacial score (nSPS) is 11.0. The van der Waals surface area contributed by atoms with Crippen LogP contribution in [0.3, 0.4) is 0 Å². The van der Waals surface area contributed by atoms with E-state index in [1.165, 1.54) is 17.4 Å². The van der Waals surface area contributed by atoms with Crippen LogP contribution >= 0.6 is 11.3 Å². The van der Waals surface area contributed by atoms with Gasteiger partial charge < -0.3 is 4.74 Å². The molecule has 0 amide bonds. The number of ether oxygens (including phenoxy) is 1. The summed E-state index contributed by atoms with van der Waals surface area (Å²) < 4.78 is 28.7. The van der Waals surface area contributed by atoms with Crippen molar-refractivity contribution in [3.63, 3.8) is 0 Å². The average molecular weight is 201 g/mol. The first-order valence-electron chi connectivity index (χ1n) is 3.54. The number of halogens is 2. The Hall–Kier alpha value is -1.23. The summed E-state index contributed by atoms with van der Waals surface area (Å²) in [7, 11) is 0. The topological polar surface area (TPSA) is 22.1 Å². The van der Waals surface area contributed by atoms with Crippen LogP contribution in [0.2, 0.25) is 0 Å². The van der Waals surface area contributed by atoms with Gasteiger partial charge in [0.05, 0.1) is 15.7 Å². The highest BCUT2D eigenvalue weighted by molar-refractivity contribution is 7.16. The van der Waals surface area contributed by atoms with Gasteiger partial charge in [-0.15, -0.1) is 11.3 Å². The van der Waals surface area contributed by atoms with Crippen LogP contribution in [-0.4, -0.2) is 11.6 Å². The van der Waals surface area contributed by atoms with Crippen molar-refractivity contribution in [2.45, 2.75) is 6.61 Å². The minimum absolute atomic E-state index is 0.173. The molecule has 2 rings (SSSR count). The zero-order valence-electron chi connectivity index (χ0n) is 6.41. The van der Waals surface area contributed by atoms with Gasteiger partial charge in [0.1, 0.15) is 5.75 Å². The summed E-state index contributed by atoms with van der Waals surface area (Å²) in [5.41, 5.74) is 2.46. The fraction of sp³-hybridized carbons (Fsp3) is 0.125. The second-order valence-electron chi connectivity index (χ2n) is 2.36. The fourth-order valence-electron chi connectivity index (χ4n) is 1.01. The summed E-state index contributed by atoms with van der Waals surface area (Å²) >= 11 is 1.39. The number of alkyl halides is 2. The maximum atomic E-state index is 11.8. The van der Waals surface area contributed by atoms with E-state index in [1.807, 2.05) is 0 Å². The molecular formula is C8H5F2NOS. The van der Waals surface area contributed by atoms with Crippen molar-refractivity contribution in [2.75, 3.05) is 0 Å². The van der Waals surface area contributed by atoms with Gasteiger partial charge in [-0.25, -0.2) is 4.98 Å². The molecule has 0 radical (unpaired) electrons. The van der Waals surface area contributed by atoms with E-state index in [0.717, 1.165) is 10.2 Å². The molecule has 0 aliphatic heterocycles. The number of thiazole rings is 1. The van der Waals surface area contributed by atoms with E-state index in [4.69, 9.17) is 0 Å². The number of fused-ring (bicyclic) bond motifs is 1. The van der Waals surface area contributed by atoms with Gasteiger partial charge in [-0.1, -0.05) is 0 Å². The Morgan fingerprint density at radius 3 is 3.00 bits per heavy atom. The summed E-state index contributed by atoms with van der Waals surface area (Å²) in [4.78, 5) is 4.01. The van der Waals surface area contributed by atoms with Crippen LogP contribution in [0.15, 0.2) is 23.7 Å². The van der Waals surface area contributed by atoms with Gasteiger partial charge >= 0.3 is 6.61 Å². The minimum atomic E-state index is -2.77. The first-order chi connectivity index (χ1) is 6.25. The number of nitrogens with zero attached hydrogens (tertiary/aromatic N) is 1. The van der Waals surface area contributed by atoms with E-state index in [0.29, 0.717) is 0 Å². The van der Waals surface area contributed by atoms with Crippen LogP contribution in [0, 0.1) is 0 Å². The van der Waals surface area contributed by atoms with Gasteiger partial charge in [0.25, 0.3) is 0 Å². The van der Waals surface area contributed by atoms with Crippen molar-refractivity contribution in [2.24, 2.45) is 0 Å². The second kappa shape index (κ2) is 3.26. The number of benzene rings is 1. The quantitative estimate of drug-likeness (QED) is 0.745. The van der Waals surface area contributed by atoms with E-state index in [2.05, 4.69) is 9.72 Å². The molecule has 0 spiro atoms. The Bertz CT molecular complexity index is 415. The third-order valence-corrected chi connectivity index (χ3v) is 2.32. The van der Waals surface area contributed by atoms with Crippen molar-refractivity contribution < 1.29 is 13.5 Å². The highest BCUT2D eigenvalue weighted by Gasteiger charge is 2.05. The summed E-state index contributed by atoms with van der Waals surface area (Å²) in [5, 5.41) is 0. The third kappa shape index (κ3) is 1.75. The van der Waals surface area contributed by atoms with Gasteiger partial charge in [-0.3, -0.25) is 0 Å². The molecular weight excluding hydrogens is 196 g/mol. The fourth-order valence-corrected chi connectivity index (χ4v) is 1.72. The van der Waals surface area contributed by atoms with Crippen molar-refractivity contribution in [1.29, 1.82) is 0 Å². The Labute approximate surface area is 76.8 Å². The molecule has 1 aromatic carbocycles. The molecule has 13 heavy (non-hydrogen) atoms. The summed E-state index contributed by atoms with van der Waals surface area (Å²) in [5.74, 6) is 0.173. The van der Waals surface area contributed by atoms with Crippen LogP contribution < -0.4 is 4.74 Å². The largest absolute Gasteiger partial charge is 0.435 e. The lowest BCUT2D eigenvalue weighted by Crippen LogP contribution is -2.01. The maximum absolute atomic E-state index is 11.8. The molecule has 0 fully saturated rings. The third-order valence-electron chi connectivity index (χ3n) is 1.53. The molecule has 2 aromatic rings. The minimum Gasteiger partial charge on any atom is -0.435 e.